The number of aliphatic hydroxyl groups excluding tert-OH is 2. The highest BCUT2D eigenvalue weighted by Crippen LogP contribution is 2.49. The number of aromatic nitrogens is 4. The number of rotatable bonds is 13. The van der Waals surface area contributed by atoms with Crippen molar-refractivity contribution in [2.45, 2.75) is 44.4 Å². The second-order valence-electron chi connectivity index (χ2n) is 11.1. The Balaban J connectivity index is 1.42. The Morgan fingerprint density at radius 2 is 1.82 bits per heavy atom. The number of carboxylic acids is 1. The van der Waals surface area contributed by atoms with Crippen LogP contribution < -0.4 is 9.47 Å². The van der Waals surface area contributed by atoms with E-state index in [1.807, 2.05) is 19.2 Å². The van der Waals surface area contributed by atoms with E-state index < -0.39 is 17.9 Å². The van der Waals surface area contributed by atoms with Crippen LogP contribution in [-0.2, 0) is 31.0 Å². The summed E-state index contributed by atoms with van der Waals surface area (Å²) in [6, 6.07) is 16.3. The van der Waals surface area contributed by atoms with Gasteiger partial charge >= 0.3 is 5.97 Å². The Morgan fingerprint density at radius 1 is 1.02 bits per heavy atom. The average Bonchev–Trinajstić information content (AvgIpc) is 3.52. The lowest BCUT2D eigenvalue weighted by Crippen LogP contribution is -2.30. The molecule has 6 rings (SSSR count). The summed E-state index contributed by atoms with van der Waals surface area (Å²) in [4.78, 5) is 31.5. The third kappa shape index (κ3) is 7.42. The molecule has 3 aromatic carbocycles. The molecule has 1 atom stereocenters. The van der Waals surface area contributed by atoms with E-state index in [9.17, 15) is 24.5 Å². The molecule has 10 nitrogen and oxygen atoms in total. The Bertz CT molecular complexity index is 2180. The van der Waals surface area contributed by atoms with Crippen LogP contribution in [0.5, 0.6) is 11.6 Å². The van der Waals surface area contributed by atoms with Crippen molar-refractivity contribution >= 4 is 50.9 Å². The number of thiophene rings is 1. The predicted octanol–water partition coefficient (Wildman–Crippen LogP) is 7.28. The van der Waals surface area contributed by atoms with Crippen molar-refractivity contribution in [3.8, 4) is 33.2 Å². The second-order valence-corrected chi connectivity index (χ2v) is 13.3. The molecule has 50 heavy (non-hydrogen) atoms. The van der Waals surface area contributed by atoms with E-state index in [0.717, 1.165) is 0 Å². The number of hydrogen-bond donors (Lipinski definition) is 3. The molecule has 0 aliphatic heterocycles. The number of hydrogen-bond acceptors (Lipinski definition) is 11. The molecular weight excluding hydrogens is 703 g/mol. The standard InChI is InChI=1S/C36H30ClFN4O6S2/c1-19-26(9-6-22(16-44)31(19)37)29-30-33(40-18-41-34(30)50-32(29)21-4-7-24(38)8-5-21)48-28(35(45)46)14-23-13-20(15-43)3-10-27(23)47-17-25-11-12-39-36(42-25)49-2/h3-13,18,28,43-44H,14-17H2,1-2H3,(H,45,46). The normalized spacial score (nSPS) is 11.9. The van der Waals surface area contributed by atoms with Gasteiger partial charge in [-0.3, -0.25) is 0 Å². The molecule has 0 bridgehead atoms. The van der Waals surface area contributed by atoms with Crippen LogP contribution in [-0.4, -0.2) is 53.6 Å². The molecule has 0 aliphatic rings. The van der Waals surface area contributed by atoms with Gasteiger partial charge in [0.05, 0.1) is 24.3 Å². The molecular formula is C36H30ClFN4O6S2. The van der Waals surface area contributed by atoms with Crippen molar-refractivity contribution in [1.29, 1.82) is 0 Å². The minimum Gasteiger partial charge on any atom is -0.487 e. The van der Waals surface area contributed by atoms with Gasteiger partial charge in [-0.25, -0.2) is 29.1 Å². The van der Waals surface area contributed by atoms with E-state index in [-0.39, 0.29) is 32.1 Å². The summed E-state index contributed by atoms with van der Waals surface area (Å²) in [5, 5.41) is 31.6. The zero-order valence-electron chi connectivity index (χ0n) is 26.8. The minimum atomic E-state index is -1.44. The summed E-state index contributed by atoms with van der Waals surface area (Å²) in [5.74, 6) is -1.22. The maximum Gasteiger partial charge on any atom is 0.345 e. The molecule has 3 aromatic heterocycles. The molecule has 14 heteroatoms. The second kappa shape index (κ2) is 15.5. The number of thioether (sulfide) groups is 1. The van der Waals surface area contributed by atoms with Crippen LogP contribution >= 0.6 is 34.7 Å². The number of benzene rings is 3. The van der Waals surface area contributed by atoms with Gasteiger partial charge in [-0.1, -0.05) is 53.7 Å². The Labute approximate surface area is 299 Å². The maximum absolute atomic E-state index is 14.0. The summed E-state index contributed by atoms with van der Waals surface area (Å²) >= 11 is 9.39. The number of nitrogens with zero attached hydrogens (tertiary/aromatic N) is 4. The van der Waals surface area contributed by atoms with E-state index in [4.69, 9.17) is 21.1 Å². The van der Waals surface area contributed by atoms with E-state index >= 15 is 0 Å². The number of halogens is 2. The van der Waals surface area contributed by atoms with Gasteiger partial charge in [-0.15, -0.1) is 11.3 Å². The summed E-state index contributed by atoms with van der Waals surface area (Å²) in [7, 11) is 0. The number of fused-ring (bicyclic) bond motifs is 1. The third-order valence-electron chi connectivity index (χ3n) is 7.96. The monoisotopic (exact) mass is 732 g/mol. The lowest BCUT2D eigenvalue weighted by molar-refractivity contribution is -0.145. The van der Waals surface area contributed by atoms with Gasteiger partial charge < -0.3 is 24.8 Å². The van der Waals surface area contributed by atoms with E-state index in [1.54, 1.807) is 48.7 Å². The first-order chi connectivity index (χ1) is 24.2. The smallest absolute Gasteiger partial charge is 0.345 e. The van der Waals surface area contributed by atoms with Gasteiger partial charge in [0, 0.05) is 28.1 Å². The van der Waals surface area contributed by atoms with Crippen LogP contribution in [0, 0.1) is 12.7 Å². The zero-order chi connectivity index (χ0) is 35.4. The number of aliphatic hydroxyl groups is 2. The first-order valence-corrected chi connectivity index (χ1v) is 17.7. The van der Waals surface area contributed by atoms with Gasteiger partial charge in [0.25, 0.3) is 0 Å². The largest absolute Gasteiger partial charge is 0.487 e. The fraction of sp³-hybridized carbons (Fsp3) is 0.194. The van der Waals surface area contributed by atoms with E-state index in [2.05, 4.69) is 19.9 Å². The van der Waals surface area contributed by atoms with Crippen LogP contribution in [0.25, 0.3) is 31.8 Å². The number of ether oxygens (including phenoxy) is 2. The molecule has 0 amide bonds. The molecule has 0 radical (unpaired) electrons. The molecule has 0 aliphatic carbocycles. The van der Waals surface area contributed by atoms with Crippen molar-refractivity contribution in [3.63, 3.8) is 0 Å². The zero-order valence-corrected chi connectivity index (χ0v) is 29.2. The van der Waals surface area contributed by atoms with Crippen molar-refractivity contribution in [1.82, 2.24) is 19.9 Å². The van der Waals surface area contributed by atoms with E-state index in [0.29, 0.717) is 75.7 Å². The SMILES string of the molecule is CSc1nccc(COc2ccc(CO)cc2CC(Oc2ncnc3sc(-c4ccc(F)cc4)c(-c4ccc(CO)c(Cl)c4C)c23)C(=O)O)n1. The minimum absolute atomic E-state index is 0.0233. The maximum atomic E-state index is 14.0. The highest BCUT2D eigenvalue weighted by Gasteiger charge is 2.28. The van der Waals surface area contributed by atoms with Crippen molar-refractivity contribution < 1.29 is 34.0 Å². The van der Waals surface area contributed by atoms with Gasteiger partial charge in [0.15, 0.2) is 5.16 Å². The first kappa shape index (κ1) is 35.2. The number of carbonyl (C=O) groups is 1. The van der Waals surface area contributed by atoms with Crippen molar-refractivity contribution in [3.05, 3.63) is 112 Å². The molecule has 3 N–H and O–H groups in total. The highest BCUT2D eigenvalue weighted by atomic mass is 35.5. The van der Waals surface area contributed by atoms with Crippen LogP contribution in [0.2, 0.25) is 5.02 Å². The van der Waals surface area contributed by atoms with E-state index in [1.165, 1.54) is 41.6 Å². The van der Waals surface area contributed by atoms with Crippen LogP contribution in [0.1, 0.15) is 27.9 Å². The molecule has 0 saturated heterocycles. The third-order valence-corrected chi connectivity index (χ3v) is 10.2. The molecule has 6 aromatic rings. The molecule has 1 unspecified atom stereocenters. The summed E-state index contributed by atoms with van der Waals surface area (Å²) < 4.78 is 26.3. The molecule has 0 spiro atoms. The fourth-order valence-corrected chi connectivity index (χ4v) is 7.20. The summed E-state index contributed by atoms with van der Waals surface area (Å²) in [6.07, 6.45) is 3.24. The number of carboxylic acid groups (broad SMARTS) is 1. The predicted molar refractivity (Wildman–Crippen MR) is 190 cm³/mol. The van der Waals surface area contributed by atoms with Gasteiger partial charge in [0.1, 0.15) is 29.3 Å². The first-order valence-electron chi connectivity index (χ1n) is 15.2. The lowest BCUT2D eigenvalue weighted by Gasteiger charge is -2.19. The Morgan fingerprint density at radius 3 is 2.54 bits per heavy atom. The van der Waals surface area contributed by atoms with Crippen LogP contribution in [0.4, 0.5) is 4.39 Å². The Hall–Kier alpha value is -4.66. The lowest BCUT2D eigenvalue weighted by atomic mass is 9.94. The van der Waals surface area contributed by atoms with Crippen LogP contribution in [0.15, 0.2) is 78.3 Å². The van der Waals surface area contributed by atoms with Gasteiger partial charge in [0.2, 0.25) is 12.0 Å². The molecule has 0 fully saturated rings. The molecule has 3 heterocycles. The highest BCUT2D eigenvalue weighted by molar-refractivity contribution is 7.98. The average molecular weight is 733 g/mol. The quantitative estimate of drug-likeness (QED) is 0.0813. The topological polar surface area (TPSA) is 148 Å². The summed E-state index contributed by atoms with van der Waals surface area (Å²) in [5.41, 5.74) is 4.92. The molecule has 0 saturated carbocycles. The van der Waals surface area contributed by atoms with Crippen molar-refractivity contribution in [2.75, 3.05) is 6.26 Å². The number of aliphatic carboxylic acids is 1. The van der Waals surface area contributed by atoms with Gasteiger partial charge in [-0.2, -0.15) is 0 Å². The summed E-state index contributed by atoms with van der Waals surface area (Å²) in [6.45, 7) is 1.41. The molecule has 256 valence electrons. The van der Waals surface area contributed by atoms with Gasteiger partial charge in [-0.05, 0) is 76.9 Å². The Kier molecular flexibility index (Phi) is 10.9. The fourth-order valence-electron chi connectivity index (χ4n) is 5.44. The van der Waals surface area contributed by atoms with Crippen LogP contribution in [0.3, 0.4) is 0 Å². The van der Waals surface area contributed by atoms with Crippen molar-refractivity contribution in [2.24, 2.45) is 0 Å².